The molecule has 0 spiro atoms. The minimum Gasteiger partial charge on any atom is -0.480 e. The van der Waals surface area contributed by atoms with Crippen LogP contribution < -0.4 is 15.4 Å². The van der Waals surface area contributed by atoms with Crippen LogP contribution in [0.1, 0.15) is 33.5 Å². The fraction of sp³-hybridized carbons (Fsp3) is 0.308. The SMILES string of the molecule is Cc1cc(C)c(S(=O)(=O)N[C@@H](CNC(=O)c2ccc3cnn(CCCNc4ncc[nH]4)c3c2)C(=O)O)c(C)c1. The molecule has 0 aliphatic carbocycles. The fourth-order valence-corrected chi connectivity index (χ4v) is 6.14. The first-order valence-corrected chi connectivity index (χ1v) is 13.8. The molecule has 1 atom stereocenters. The number of H-pyrrole nitrogens is 1. The van der Waals surface area contributed by atoms with Gasteiger partial charge in [-0.1, -0.05) is 23.8 Å². The number of aromatic nitrogens is 4. The third kappa shape index (κ3) is 6.62. The zero-order chi connectivity index (χ0) is 28.2. The number of carbonyl (C=O) groups excluding carboxylic acids is 1. The van der Waals surface area contributed by atoms with Crippen LogP contribution in [0.4, 0.5) is 5.95 Å². The van der Waals surface area contributed by atoms with E-state index in [1.807, 2.05) is 6.92 Å². The maximum Gasteiger partial charge on any atom is 0.323 e. The zero-order valence-corrected chi connectivity index (χ0v) is 22.7. The summed E-state index contributed by atoms with van der Waals surface area (Å²) in [4.78, 5) is 31.9. The van der Waals surface area contributed by atoms with Crippen LogP contribution in [0, 0.1) is 20.8 Å². The first kappa shape index (κ1) is 27.8. The lowest BCUT2D eigenvalue weighted by atomic mass is 10.1. The number of fused-ring (bicyclic) bond motifs is 1. The molecule has 13 heteroatoms. The topological polar surface area (TPSA) is 171 Å². The van der Waals surface area contributed by atoms with E-state index in [-0.39, 0.29) is 4.90 Å². The first-order valence-electron chi connectivity index (χ1n) is 12.3. The number of hydrogen-bond donors (Lipinski definition) is 5. The van der Waals surface area contributed by atoms with Gasteiger partial charge in [0.1, 0.15) is 6.04 Å². The number of benzene rings is 2. The standard InChI is InChI=1S/C26H31N7O5S/c1-16-11-17(2)23(18(3)12-16)39(37,38)32-21(25(35)36)15-30-24(34)19-5-6-20-14-31-33(22(20)13-19)10-4-7-27-26-28-8-9-29-26/h5-6,8-9,11-14,21,32H,4,7,10,15H2,1-3H3,(H,30,34)(H,35,36)(H2,27,28,29)/t21-/m0/s1. The van der Waals surface area contributed by atoms with Gasteiger partial charge in [0.2, 0.25) is 10.0 Å². The Labute approximate surface area is 225 Å². The number of hydrogen-bond acceptors (Lipinski definition) is 7. The Kier molecular flexibility index (Phi) is 8.31. The number of nitrogens with zero attached hydrogens (tertiary/aromatic N) is 3. The van der Waals surface area contributed by atoms with Gasteiger partial charge in [-0.15, -0.1) is 0 Å². The number of carbonyl (C=O) groups is 2. The van der Waals surface area contributed by atoms with E-state index in [2.05, 4.69) is 30.4 Å². The Bertz CT molecular complexity index is 1570. The van der Waals surface area contributed by atoms with Gasteiger partial charge in [-0.05, 0) is 50.5 Å². The summed E-state index contributed by atoms with van der Waals surface area (Å²) >= 11 is 0. The van der Waals surface area contributed by atoms with Crippen molar-refractivity contribution in [2.45, 2.75) is 44.7 Å². The molecule has 0 saturated carbocycles. The van der Waals surface area contributed by atoms with Crippen molar-refractivity contribution in [3.63, 3.8) is 0 Å². The van der Waals surface area contributed by atoms with Gasteiger partial charge in [-0.2, -0.15) is 9.82 Å². The van der Waals surface area contributed by atoms with Crippen LogP contribution in [0.25, 0.3) is 10.9 Å². The molecule has 0 unspecified atom stereocenters. The van der Waals surface area contributed by atoms with E-state index in [4.69, 9.17) is 0 Å². The second-order valence-electron chi connectivity index (χ2n) is 9.31. The zero-order valence-electron chi connectivity index (χ0n) is 21.9. The molecule has 4 rings (SSSR count). The molecule has 0 aliphatic rings. The molecule has 0 saturated heterocycles. The number of rotatable bonds is 12. The molecule has 39 heavy (non-hydrogen) atoms. The molecule has 0 aliphatic heterocycles. The van der Waals surface area contributed by atoms with Crippen molar-refractivity contribution in [3.8, 4) is 0 Å². The van der Waals surface area contributed by atoms with Crippen LogP contribution in [0.2, 0.25) is 0 Å². The molecule has 12 nitrogen and oxygen atoms in total. The molecule has 0 radical (unpaired) electrons. The number of nitrogens with one attached hydrogen (secondary N) is 4. The van der Waals surface area contributed by atoms with Crippen molar-refractivity contribution in [3.05, 3.63) is 71.2 Å². The monoisotopic (exact) mass is 553 g/mol. The summed E-state index contributed by atoms with van der Waals surface area (Å²) in [6.45, 7) is 5.99. The highest BCUT2D eigenvalue weighted by molar-refractivity contribution is 7.89. The molecule has 206 valence electrons. The summed E-state index contributed by atoms with van der Waals surface area (Å²) in [5.74, 6) is -1.25. The maximum absolute atomic E-state index is 13.0. The van der Waals surface area contributed by atoms with Gasteiger partial charge in [0.15, 0.2) is 5.95 Å². The van der Waals surface area contributed by atoms with Gasteiger partial charge in [0.25, 0.3) is 5.91 Å². The minimum absolute atomic E-state index is 0.0313. The maximum atomic E-state index is 13.0. The summed E-state index contributed by atoms with van der Waals surface area (Å²) in [5, 5.41) is 20.6. The van der Waals surface area contributed by atoms with Gasteiger partial charge >= 0.3 is 5.97 Å². The number of aromatic amines is 1. The van der Waals surface area contributed by atoms with Gasteiger partial charge in [-0.3, -0.25) is 14.3 Å². The largest absolute Gasteiger partial charge is 0.480 e. The van der Waals surface area contributed by atoms with Gasteiger partial charge in [0.05, 0.1) is 16.6 Å². The normalized spacial score (nSPS) is 12.4. The van der Waals surface area contributed by atoms with Crippen LogP contribution in [0.3, 0.4) is 0 Å². The van der Waals surface area contributed by atoms with Crippen molar-refractivity contribution in [2.24, 2.45) is 0 Å². The third-order valence-electron chi connectivity index (χ3n) is 6.18. The Hall–Kier alpha value is -4.23. The Morgan fingerprint density at radius 3 is 2.54 bits per heavy atom. The molecule has 4 aromatic rings. The van der Waals surface area contributed by atoms with E-state index in [1.165, 1.54) is 0 Å². The number of carboxylic acids is 1. The predicted octanol–water partition coefficient (Wildman–Crippen LogP) is 2.35. The Morgan fingerprint density at radius 1 is 1.13 bits per heavy atom. The van der Waals surface area contributed by atoms with E-state index in [0.717, 1.165) is 22.9 Å². The van der Waals surface area contributed by atoms with E-state index in [1.54, 1.807) is 67.5 Å². The molecule has 2 aromatic carbocycles. The van der Waals surface area contributed by atoms with Crippen molar-refractivity contribution in [2.75, 3.05) is 18.4 Å². The lowest BCUT2D eigenvalue weighted by Gasteiger charge is -2.18. The molecule has 0 fully saturated rings. The summed E-state index contributed by atoms with van der Waals surface area (Å²) in [6.07, 6.45) is 5.86. The van der Waals surface area contributed by atoms with Crippen molar-refractivity contribution < 1.29 is 23.1 Å². The van der Waals surface area contributed by atoms with Gasteiger partial charge < -0.3 is 20.7 Å². The number of aliphatic carboxylic acids is 1. The molecular weight excluding hydrogens is 522 g/mol. The number of anilines is 1. The molecular formula is C26H31N7O5S. The summed E-state index contributed by atoms with van der Waals surface area (Å²) in [6, 6.07) is 6.92. The van der Waals surface area contributed by atoms with E-state index < -0.39 is 34.5 Å². The molecule has 2 aromatic heterocycles. The number of imidazole rings is 1. The number of aryl methyl sites for hydroxylation is 4. The number of carboxylic acid groups (broad SMARTS) is 1. The highest BCUT2D eigenvalue weighted by Gasteiger charge is 2.28. The Morgan fingerprint density at radius 2 is 1.87 bits per heavy atom. The van der Waals surface area contributed by atoms with E-state index in [0.29, 0.717) is 35.7 Å². The second-order valence-corrected chi connectivity index (χ2v) is 11.0. The third-order valence-corrected chi connectivity index (χ3v) is 7.96. The Balaban J connectivity index is 1.41. The average Bonchev–Trinajstić information content (AvgIpc) is 3.52. The molecule has 2 heterocycles. The minimum atomic E-state index is -4.15. The quantitative estimate of drug-likeness (QED) is 0.166. The summed E-state index contributed by atoms with van der Waals surface area (Å²) in [5.41, 5.74) is 2.97. The lowest BCUT2D eigenvalue weighted by Crippen LogP contribution is -2.48. The highest BCUT2D eigenvalue weighted by atomic mass is 32.2. The van der Waals surface area contributed by atoms with Crippen LogP contribution >= 0.6 is 0 Å². The predicted molar refractivity (Wildman–Crippen MR) is 146 cm³/mol. The number of sulfonamides is 1. The summed E-state index contributed by atoms with van der Waals surface area (Å²) in [7, 11) is -4.15. The fourth-order valence-electron chi connectivity index (χ4n) is 4.50. The van der Waals surface area contributed by atoms with Crippen LogP contribution in [-0.4, -0.2) is 64.3 Å². The molecule has 5 N–H and O–H groups in total. The van der Waals surface area contributed by atoms with Crippen molar-refractivity contribution in [1.29, 1.82) is 0 Å². The number of amides is 1. The van der Waals surface area contributed by atoms with Crippen LogP contribution in [0.15, 0.2) is 53.8 Å². The van der Waals surface area contributed by atoms with E-state index >= 15 is 0 Å². The smallest absolute Gasteiger partial charge is 0.323 e. The lowest BCUT2D eigenvalue weighted by molar-refractivity contribution is -0.138. The van der Waals surface area contributed by atoms with Crippen LogP contribution in [0.5, 0.6) is 0 Å². The summed E-state index contributed by atoms with van der Waals surface area (Å²) < 4.78 is 30.1. The molecule has 0 bridgehead atoms. The van der Waals surface area contributed by atoms with E-state index in [9.17, 15) is 23.1 Å². The highest BCUT2D eigenvalue weighted by Crippen LogP contribution is 2.22. The van der Waals surface area contributed by atoms with Crippen molar-refractivity contribution in [1.82, 2.24) is 29.8 Å². The van der Waals surface area contributed by atoms with Gasteiger partial charge in [-0.25, -0.2) is 13.4 Å². The van der Waals surface area contributed by atoms with Crippen molar-refractivity contribution >= 4 is 38.8 Å². The van der Waals surface area contributed by atoms with Gasteiger partial charge in [0, 0.05) is 43.0 Å². The first-order chi connectivity index (χ1) is 18.5. The van der Waals surface area contributed by atoms with Crippen LogP contribution in [-0.2, 0) is 21.4 Å². The second kappa shape index (κ2) is 11.7. The average molecular weight is 554 g/mol. The molecule has 1 amide bonds.